The highest BCUT2D eigenvalue weighted by Gasteiger charge is 2.19. The molecule has 2 heteroatoms. The van der Waals surface area contributed by atoms with Crippen LogP contribution in [0.25, 0.3) is 0 Å². The first-order valence-electron chi connectivity index (χ1n) is 3.54. The molecule has 2 nitrogen and oxygen atoms in total. The smallest absolute Gasteiger partial charge is 0.103 e. The summed E-state index contributed by atoms with van der Waals surface area (Å²) >= 11 is 0. The lowest BCUT2D eigenvalue weighted by atomic mass is 9.94. The molecular formula is C8H18N2. The van der Waals surface area contributed by atoms with Crippen LogP contribution in [0.4, 0.5) is 0 Å². The number of amidine groups is 1. The number of hydrogen-bond acceptors (Lipinski definition) is 1. The second-order valence-corrected chi connectivity index (χ2v) is 3.69. The largest absolute Gasteiger partial charge is 0.366 e. The molecule has 0 aliphatic carbocycles. The Labute approximate surface area is 63.9 Å². The van der Waals surface area contributed by atoms with Crippen molar-refractivity contribution < 1.29 is 0 Å². The molecule has 0 atom stereocenters. The fourth-order valence-corrected chi connectivity index (χ4v) is 1.21. The average Bonchev–Trinajstić information content (AvgIpc) is 1.60. The molecule has 0 radical (unpaired) electrons. The van der Waals surface area contributed by atoms with Crippen molar-refractivity contribution in [3.63, 3.8) is 0 Å². The minimum absolute atomic E-state index is 0.165. The van der Waals surface area contributed by atoms with Gasteiger partial charge >= 0.3 is 0 Å². The lowest BCUT2D eigenvalue weighted by Crippen LogP contribution is -2.33. The first-order chi connectivity index (χ1) is 4.39. The summed E-state index contributed by atoms with van der Waals surface area (Å²) < 4.78 is 0. The lowest BCUT2D eigenvalue weighted by molar-refractivity contribution is 0.480. The Kier molecular flexibility index (Phi) is 2.88. The third-order valence-electron chi connectivity index (χ3n) is 1.31. The van der Waals surface area contributed by atoms with Gasteiger partial charge in [0.1, 0.15) is 5.84 Å². The van der Waals surface area contributed by atoms with Crippen molar-refractivity contribution in [1.29, 1.82) is 0 Å². The van der Waals surface area contributed by atoms with E-state index in [0.29, 0.717) is 0 Å². The number of hydrogen-bond donors (Lipinski definition) is 0. The highest BCUT2D eigenvalue weighted by Crippen LogP contribution is 2.16. The maximum atomic E-state index is 4.20. The van der Waals surface area contributed by atoms with E-state index in [4.69, 9.17) is 0 Å². The quantitative estimate of drug-likeness (QED) is 0.371. The molecule has 0 fully saturated rings. The Morgan fingerprint density at radius 3 is 1.60 bits per heavy atom. The van der Waals surface area contributed by atoms with E-state index < -0.39 is 0 Å². The molecule has 0 amide bonds. The molecule has 0 aromatic heterocycles. The second-order valence-electron chi connectivity index (χ2n) is 3.69. The summed E-state index contributed by atoms with van der Waals surface area (Å²) in [6, 6.07) is 0. The van der Waals surface area contributed by atoms with Gasteiger partial charge in [0.15, 0.2) is 0 Å². The first-order valence-corrected chi connectivity index (χ1v) is 3.54. The zero-order valence-electron chi connectivity index (χ0n) is 7.89. The van der Waals surface area contributed by atoms with E-state index in [0.717, 1.165) is 5.84 Å². The van der Waals surface area contributed by atoms with Crippen LogP contribution in [0.15, 0.2) is 4.99 Å². The van der Waals surface area contributed by atoms with Gasteiger partial charge in [0.25, 0.3) is 0 Å². The van der Waals surface area contributed by atoms with Crippen LogP contribution in [0, 0.1) is 5.41 Å². The van der Waals surface area contributed by atoms with Gasteiger partial charge in [-0.25, -0.2) is 0 Å². The van der Waals surface area contributed by atoms with Crippen molar-refractivity contribution in [2.45, 2.75) is 20.8 Å². The SMILES string of the molecule is C/N=C(\N(C)C)C(C)(C)C. The third kappa shape index (κ3) is 2.38. The Morgan fingerprint density at radius 1 is 1.20 bits per heavy atom. The summed E-state index contributed by atoms with van der Waals surface area (Å²) in [6.45, 7) is 6.49. The molecule has 60 valence electrons. The van der Waals surface area contributed by atoms with Gasteiger partial charge in [-0.05, 0) is 0 Å². The standard InChI is InChI=1S/C8H18N2/c1-8(2,3)7(9-4)10(5)6/h1-6H3/b9-7-. The van der Waals surface area contributed by atoms with E-state index in [9.17, 15) is 0 Å². The molecule has 0 N–H and O–H groups in total. The van der Waals surface area contributed by atoms with Gasteiger partial charge in [-0.1, -0.05) is 20.8 Å². The first kappa shape index (κ1) is 9.47. The van der Waals surface area contributed by atoms with E-state index in [-0.39, 0.29) is 5.41 Å². The van der Waals surface area contributed by atoms with Crippen LogP contribution in [-0.2, 0) is 0 Å². The highest BCUT2D eigenvalue weighted by atomic mass is 15.1. The van der Waals surface area contributed by atoms with E-state index in [1.54, 1.807) is 0 Å². The number of nitrogens with zero attached hydrogens (tertiary/aromatic N) is 2. The zero-order valence-corrected chi connectivity index (χ0v) is 7.89. The van der Waals surface area contributed by atoms with Crippen LogP contribution >= 0.6 is 0 Å². The molecule has 0 unspecified atom stereocenters. The summed E-state index contributed by atoms with van der Waals surface area (Å²) in [4.78, 5) is 6.26. The van der Waals surface area contributed by atoms with Crippen molar-refractivity contribution in [3.8, 4) is 0 Å². The summed E-state index contributed by atoms with van der Waals surface area (Å²) in [6.07, 6.45) is 0. The molecule has 0 aromatic carbocycles. The van der Waals surface area contributed by atoms with E-state index in [2.05, 4.69) is 30.7 Å². The minimum Gasteiger partial charge on any atom is -0.366 e. The summed E-state index contributed by atoms with van der Waals surface area (Å²) in [7, 11) is 5.88. The molecule has 0 rings (SSSR count). The van der Waals surface area contributed by atoms with Crippen molar-refractivity contribution in [1.82, 2.24) is 4.90 Å². The predicted octanol–water partition coefficient (Wildman–Crippen LogP) is 1.62. The van der Waals surface area contributed by atoms with Gasteiger partial charge in [0.2, 0.25) is 0 Å². The van der Waals surface area contributed by atoms with Crippen LogP contribution in [0.3, 0.4) is 0 Å². The van der Waals surface area contributed by atoms with E-state index in [1.165, 1.54) is 0 Å². The molecule has 10 heavy (non-hydrogen) atoms. The fourth-order valence-electron chi connectivity index (χ4n) is 1.21. The molecule has 0 saturated carbocycles. The third-order valence-corrected chi connectivity index (χ3v) is 1.31. The second kappa shape index (κ2) is 3.04. The Bertz CT molecular complexity index is 129. The van der Waals surface area contributed by atoms with Crippen LogP contribution in [-0.4, -0.2) is 31.9 Å². The van der Waals surface area contributed by atoms with Crippen molar-refractivity contribution in [3.05, 3.63) is 0 Å². The molecule has 0 aromatic rings. The van der Waals surface area contributed by atoms with Crippen molar-refractivity contribution >= 4 is 5.84 Å². The molecule has 0 heterocycles. The molecular weight excluding hydrogens is 124 g/mol. The lowest BCUT2D eigenvalue weighted by Gasteiger charge is -2.27. The highest BCUT2D eigenvalue weighted by molar-refractivity contribution is 5.86. The van der Waals surface area contributed by atoms with Gasteiger partial charge in [-0.15, -0.1) is 0 Å². The Hall–Kier alpha value is -0.530. The summed E-state index contributed by atoms with van der Waals surface area (Å²) in [5, 5.41) is 0. The maximum Gasteiger partial charge on any atom is 0.103 e. The molecule has 0 saturated heterocycles. The Morgan fingerprint density at radius 2 is 1.60 bits per heavy atom. The van der Waals surface area contributed by atoms with Crippen molar-refractivity contribution in [2.24, 2.45) is 10.4 Å². The Balaban J connectivity index is 4.40. The predicted molar refractivity (Wildman–Crippen MR) is 46.5 cm³/mol. The van der Waals surface area contributed by atoms with Gasteiger partial charge in [-0.3, -0.25) is 4.99 Å². The van der Waals surface area contributed by atoms with E-state index in [1.807, 2.05) is 21.1 Å². The molecule has 0 bridgehead atoms. The van der Waals surface area contributed by atoms with Gasteiger partial charge in [-0.2, -0.15) is 0 Å². The normalized spacial score (nSPS) is 13.6. The van der Waals surface area contributed by atoms with Crippen LogP contribution in [0.2, 0.25) is 0 Å². The summed E-state index contributed by atoms with van der Waals surface area (Å²) in [5.41, 5.74) is 0.165. The molecule has 0 aliphatic rings. The van der Waals surface area contributed by atoms with Crippen LogP contribution in [0.1, 0.15) is 20.8 Å². The van der Waals surface area contributed by atoms with Crippen LogP contribution in [0.5, 0.6) is 0 Å². The van der Waals surface area contributed by atoms with Crippen molar-refractivity contribution in [2.75, 3.05) is 21.1 Å². The fraction of sp³-hybridized carbons (Fsp3) is 0.875. The minimum atomic E-state index is 0.165. The van der Waals surface area contributed by atoms with Crippen LogP contribution < -0.4 is 0 Å². The number of rotatable bonds is 0. The maximum absolute atomic E-state index is 4.20. The van der Waals surface area contributed by atoms with Gasteiger partial charge in [0.05, 0.1) is 0 Å². The monoisotopic (exact) mass is 142 g/mol. The molecule has 0 aliphatic heterocycles. The van der Waals surface area contributed by atoms with Gasteiger partial charge in [0, 0.05) is 26.6 Å². The average molecular weight is 142 g/mol. The topological polar surface area (TPSA) is 15.6 Å². The number of aliphatic imine (C=N–C) groups is 1. The zero-order chi connectivity index (χ0) is 8.36. The summed E-state index contributed by atoms with van der Waals surface area (Å²) in [5.74, 6) is 1.13. The van der Waals surface area contributed by atoms with E-state index >= 15 is 0 Å². The molecule has 0 spiro atoms. The van der Waals surface area contributed by atoms with Gasteiger partial charge < -0.3 is 4.90 Å².